The molecule has 0 bridgehead atoms. The Bertz CT molecular complexity index is 940. The van der Waals surface area contributed by atoms with Gasteiger partial charge in [-0.3, -0.25) is 14.6 Å². The normalized spacial score (nSPS) is 15.1. The second-order valence-electron chi connectivity index (χ2n) is 8.62. The Morgan fingerprint density at radius 2 is 1.79 bits per heavy atom. The number of esters is 1. The molecule has 0 N–H and O–H groups in total. The van der Waals surface area contributed by atoms with Gasteiger partial charge < -0.3 is 9.64 Å². The summed E-state index contributed by atoms with van der Waals surface area (Å²) in [6.45, 7) is 9.89. The number of fused-ring (bicyclic) bond motifs is 1. The summed E-state index contributed by atoms with van der Waals surface area (Å²) in [6, 6.07) is 10.8. The third kappa shape index (κ3) is 6.73. The summed E-state index contributed by atoms with van der Waals surface area (Å²) >= 11 is 0. The summed E-state index contributed by atoms with van der Waals surface area (Å²) in [5.41, 5.74) is 2.27. The highest BCUT2D eigenvalue weighted by molar-refractivity contribution is 6.38. The minimum atomic E-state index is -0.794. The van der Waals surface area contributed by atoms with Gasteiger partial charge in [0.25, 0.3) is 5.91 Å². The fraction of sp³-hybridized carbons (Fsp3) is 0.481. The molecule has 1 aliphatic rings. The number of rotatable bonds is 8. The number of hydrogen-bond acceptors (Lipinski definition) is 5. The molecule has 1 aromatic heterocycles. The highest BCUT2D eigenvalue weighted by atomic mass is 16.5. The summed E-state index contributed by atoms with van der Waals surface area (Å²) in [7, 11) is 0. The van der Waals surface area contributed by atoms with Crippen LogP contribution in [0, 0.1) is 5.41 Å². The number of nitrogens with zero attached hydrogens (tertiary/aromatic N) is 2. The first-order valence-electron chi connectivity index (χ1n) is 11.8. The van der Waals surface area contributed by atoms with Crippen molar-refractivity contribution >= 4 is 17.7 Å². The van der Waals surface area contributed by atoms with E-state index in [1.165, 1.54) is 4.90 Å². The molecule has 0 saturated heterocycles. The standard InChI is InChI=1S/C25H30N2O4.C2H6/c1-4-25(2,3)22(28)23(29)27-17-20-12-6-5-11-19(20)15-21(27)24(30)31-14-8-10-18-9-7-13-26-16-18;1-2/h5-7,9,11-13,16,21H,4,8,10,14-15,17H2,1-3H3;1-2H3. The first kappa shape index (κ1) is 26.2. The van der Waals surface area contributed by atoms with E-state index in [0.29, 0.717) is 19.3 Å². The summed E-state index contributed by atoms with van der Waals surface area (Å²) in [4.78, 5) is 44.4. The summed E-state index contributed by atoms with van der Waals surface area (Å²) in [5, 5.41) is 0. The van der Waals surface area contributed by atoms with E-state index in [9.17, 15) is 14.4 Å². The van der Waals surface area contributed by atoms with E-state index in [2.05, 4.69) is 4.98 Å². The highest BCUT2D eigenvalue weighted by Gasteiger charge is 2.41. The number of benzene rings is 1. The van der Waals surface area contributed by atoms with Crippen LogP contribution in [0.3, 0.4) is 0 Å². The second kappa shape index (κ2) is 12.3. The van der Waals surface area contributed by atoms with Crippen molar-refractivity contribution in [3.05, 3.63) is 65.5 Å². The quantitative estimate of drug-likeness (QED) is 0.334. The zero-order valence-corrected chi connectivity index (χ0v) is 20.5. The van der Waals surface area contributed by atoms with Crippen LogP contribution in [0.25, 0.3) is 0 Å². The molecule has 3 rings (SSSR count). The lowest BCUT2D eigenvalue weighted by Crippen LogP contribution is -2.53. The minimum absolute atomic E-state index is 0.232. The van der Waals surface area contributed by atoms with Crippen LogP contribution in [0.5, 0.6) is 0 Å². The van der Waals surface area contributed by atoms with E-state index in [-0.39, 0.29) is 13.2 Å². The molecule has 1 atom stereocenters. The molecule has 33 heavy (non-hydrogen) atoms. The Hall–Kier alpha value is -3.02. The first-order valence-corrected chi connectivity index (χ1v) is 11.8. The number of aromatic nitrogens is 1. The van der Waals surface area contributed by atoms with Gasteiger partial charge in [-0.25, -0.2) is 4.79 Å². The van der Waals surface area contributed by atoms with Gasteiger partial charge in [-0.2, -0.15) is 0 Å². The van der Waals surface area contributed by atoms with Crippen LogP contribution in [0.15, 0.2) is 48.8 Å². The molecule has 1 aromatic carbocycles. The van der Waals surface area contributed by atoms with Gasteiger partial charge in [-0.15, -0.1) is 0 Å². The predicted molar refractivity (Wildman–Crippen MR) is 128 cm³/mol. The molecule has 0 fully saturated rings. The van der Waals surface area contributed by atoms with Crippen LogP contribution in [0.4, 0.5) is 0 Å². The SMILES string of the molecule is CC.CCC(C)(C)C(=O)C(=O)N1Cc2ccccc2CC1C(=O)OCCCc1cccnc1. The molecule has 1 amide bonds. The van der Waals surface area contributed by atoms with E-state index in [4.69, 9.17) is 4.74 Å². The van der Waals surface area contributed by atoms with Crippen LogP contribution in [-0.4, -0.2) is 40.2 Å². The number of ketones is 1. The maximum atomic E-state index is 13.1. The molecule has 2 heterocycles. The zero-order valence-electron chi connectivity index (χ0n) is 20.5. The van der Waals surface area contributed by atoms with Crippen molar-refractivity contribution < 1.29 is 19.1 Å². The lowest BCUT2D eigenvalue weighted by Gasteiger charge is -2.36. The van der Waals surface area contributed by atoms with Gasteiger partial charge >= 0.3 is 5.97 Å². The molecule has 0 saturated carbocycles. The van der Waals surface area contributed by atoms with Crippen LogP contribution in [0.1, 0.15) is 64.2 Å². The molecule has 178 valence electrons. The van der Waals surface area contributed by atoms with Gasteiger partial charge in [0.1, 0.15) is 6.04 Å². The van der Waals surface area contributed by atoms with Crippen LogP contribution in [-0.2, 0) is 38.5 Å². The minimum Gasteiger partial charge on any atom is -0.464 e. The molecule has 1 unspecified atom stereocenters. The van der Waals surface area contributed by atoms with E-state index in [1.54, 1.807) is 26.2 Å². The lowest BCUT2D eigenvalue weighted by molar-refractivity contribution is -0.160. The fourth-order valence-corrected chi connectivity index (χ4v) is 3.62. The number of carbonyl (C=O) groups is 3. The summed E-state index contributed by atoms with van der Waals surface area (Å²) < 4.78 is 5.53. The maximum absolute atomic E-state index is 13.1. The number of aryl methyl sites for hydroxylation is 1. The number of hydrogen-bond donors (Lipinski definition) is 0. The van der Waals surface area contributed by atoms with Crippen molar-refractivity contribution in [3.63, 3.8) is 0 Å². The average Bonchev–Trinajstić information content (AvgIpc) is 2.86. The van der Waals surface area contributed by atoms with Gasteiger partial charge in [-0.05, 0) is 42.0 Å². The Morgan fingerprint density at radius 1 is 1.09 bits per heavy atom. The number of ether oxygens (including phenoxy) is 1. The van der Waals surface area contributed by atoms with Crippen molar-refractivity contribution in [3.8, 4) is 0 Å². The number of pyridine rings is 1. The monoisotopic (exact) mass is 452 g/mol. The Balaban J connectivity index is 0.00000187. The lowest BCUT2D eigenvalue weighted by atomic mass is 9.83. The van der Waals surface area contributed by atoms with Gasteiger partial charge in [0.15, 0.2) is 0 Å². The zero-order chi connectivity index (χ0) is 24.4. The van der Waals surface area contributed by atoms with Crippen LogP contribution >= 0.6 is 0 Å². The molecule has 0 aliphatic carbocycles. The van der Waals surface area contributed by atoms with E-state index < -0.39 is 29.1 Å². The Labute approximate surface area is 197 Å². The Morgan fingerprint density at radius 3 is 2.42 bits per heavy atom. The third-order valence-corrected chi connectivity index (χ3v) is 6.05. The van der Waals surface area contributed by atoms with E-state index in [0.717, 1.165) is 23.1 Å². The van der Waals surface area contributed by atoms with Crippen molar-refractivity contribution in [2.75, 3.05) is 6.61 Å². The highest BCUT2D eigenvalue weighted by Crippen LogP contribution is 2.28. The largest absolute Gasteiger partial charge is 0.464 e. The molecule has 6 heteroatoms. The summed E-state index contributed by atoms with van der Waals surface area (Å²) in [5.74, 6) is -1.54. The molecule has 0 spiro atoms. The van der Waals surface area contributed by atoms with Gasteiger partial charge in [0.2, 0.25) is 5.78 Å². The molecule has 1 aliphatic heterocycles. The molecule has 0 radical (unpaired) electrons. The van der Waals surface area contributed by atoms with Crippen LogP contribution in [0.2, 0.25) is 0 Å². The van der Waals surface area contributed by atoms with Crippen LogP contribution < -0.4 is 0 Å². The molecule has 6 nitrogen and oxygen atoms in total. The Kier molecular flexibility index (Phi) is 9.76. The number of carbonyl (C=O) groups excluding carboxylic acids is 3. The number of Topliss-reactive ketones (excluding diaryl/α,β-unsaturated/α-hetero) is 1. The van der Waals surface area contributed by atoms with Gasteiger partial charge in [0, 0.05) is 30.8 Å². The van der Waals surface area contributed by atoms with Crippen molar-refractivity contribution in [1.29, 1.82) is 0 Å². The van der Waals surface area contributed by atoms with E-state index >= 15 is 0 Å². The molecular formula is C27H36N2O4. The first-order chi connectivity index (χ1) is 15.8. The van der Waals surface area contributed by atoms with Crippen molar-refractivity contribution in [2.24, 2.45) is 5.41 Å². The van der Waals surface area contributed by atoms with Crippen molar-refractivity contribution in [2.45, 2.75) is 72.9 Å². The topological polar surface area (TPSA) is 76.6 Å². The predicted octanol–water partition coefficient (Wildman–Crippen LogP) is 4.54. The average molecular weight is 453 g/mol. The summed E-state index contributed by atoms with van der Waals surface area (Å²) in [6.07, 6.45) is 5.82. The fourth-order valence-electron chi connectivity index (χ4n) is 3.62. The van der Waals surface area contributed by atoms with E-state index in [1.807, 2.05) is 57.2 Å². The van der Waals surface area contributed by atoms with Gasteiger partial charge in [-0.1, -0.05) is 65.0 Å². The van der Waals surface area contributed by atoms with Crippen molar-refractivity contribution in [1.82, 2.24) is 9.88 Å². The molecule has 2 aromatic rings. The second-order valence-corrected chi connectivity index (χ2v) is 8.62. The smallest absolute Gasteiger partial charge is 0.329 e. The maximum Gasteiger partial charge on any atom is 0.329 e. The van der Waals surface area contributed by atoms with Gasteiger partial charge in [0.05, 0.1) is 6.61 Å². The third-order valence-electron chi connectivity index (χ3n) is 6.05. The number of amides is 1. The molecular weight excluding hydrogens is 416 g/mol.